The lowest BCUT2D eigenvalue weighted by Crippen LogP contribution is -2.14. The third-order valence-electron chi connectivity index (χ3n) is 5.65. The molecule has 2 heterocycles. The molecule has 7 heteroatoms. The van der Waals surface area contributed by atoms with Crippen molar-refractivity contribution in [3.63, 3.8) is 0 Å². The molecule has 0 bridgehead atoms. The minimum atomic E-state index is -0.157. The van der Waals surface area contributed by atoms with Gasteiger partial charge in [-0.3, -0.25) is 14.6 Å². The second-order valence-corrected chi connectivity index (χ2v) is 8.04. The molecule has 1 fully saturated rings. The van der Waals surface area contributed by atoms with Gasteiger partial charge in [0.15, 0.2) is 5.82 Å². The van der Waals surface area contributed by atoms with Gasteiger partial charge >= 0.3 is 0 Å². The van der Waals surface area contributed by atoms with Gasteiger partial charge in [-0.15, -0.1) is 0 Å². The Hall–Kier alpha value is -3.74. The molecule has 0 aliphatic heterocycles. The highest BCUT2D eigenvalue weighted by Crippen LogP contribution is 2.38. The van der Waals surface area contributed by atoms with Crippen LogP contribution in [0.5, 0.6) is 0 Å². The first-order valence-corrected chi connectivity index (χ1v) is 10.5. The molecule has 1 amide bonds. The Morgan fingerprint density at radius 1 is 1.10 bits per heavy atom. The first kappa shape index (κ1) is 19.2. The Morgan fingerprint density at radius 3 is 2.55 bits per heavy atom. The highest BCUT2D eigenvalue weighted by Gasteiger charge is 2.27. The maximum atomic E-state index is 13.0. The number of hydrogen-bond donors (Lipinski definition) is 2. The molecule has 156 valence electrons. The van der Waals surface area contributed by atoms with Crippen LogP contribution in [0.25, 0.3) is 11.4 Å². The summed E-state index contributed by atoms with van der Waals surface area (Å²) >= 11 is 0. The van der Waals surface area contributed by atoms with Gasteiger partial charge in [0.05, 0.1) is 17.8 Å². The normalized spacial score (nSPS) is 13.4. The van der Waals surface area contributed by atoms with Crippen molar-refractivity contribution in [2.24, 2.45) is 0 Å². The maximum Gasteiger partial charge on any atom is 0.259 e. The highest BCUT2D eigenvalue weighted by molar-refractivity contribution is 6.05. The van der Waals surface area contributed by atoms with Crippen LogP contribution in [0.1, 0.15) is 51.9 Å². The van der Waals surface area contributed by atoms with Crippen molar-refractivity contribution >= 4 is 11.6 Å². The molecule has 0 unspecified atom stereocenters. The zero-order valence-corrected chi connectivity index (χ0v) is 17.6. The molecule has 1 saturated carbocycles. The molecule has 1 aliphatic carbocycles. The van der Waals surface area contributed by atoms with Gasteiger partial charge in [-0.2, -0.15) is 10.2 Å². The zero-order chi connectivity index (χ0) is 21.4. The van der Waals surface area contributed by atoms with Gasteiger partial charge in [0, 0.05) is 22.9 Å². The van der Waals surface area contributed by atoms with Crippen LogP contribution >= 0.6 is 0 Å². The van der Waals surface area contributed by atoms with Crippen LogP contribution in [0.15, 0.2) is 54.6 Å². The number of aryl methyl sites for hydroxylation is 1. The van der Waals surface area contributed by atoms with Crippen LogP contribution < -0.4 is 5.32 Å². The lowest BCUT2D eigenvalue weighted by atomic mass is 10.1. The van der Waals surface area contributed by atoms with Crippen molar-refractivity contribution in [1.82, 2.24) is 25.0 Å². The van der Waals surface area contributed by atoms with E-state index < -0.39 is 0 Å². The number of benzene rings is 2. The third-order valence-corrected chi connectivity index (χ3v) is 5.65. The summed E-state index contributed by atoms with van der Waals surface area (Å²) in [6.07, 6.45) is 2.36. The fourth-order valence-electron chi connectivity index (χ4n) is 3.77. The number of H-pyrrole nitrogens is 1. The summed E-state index contributed by atoms with van der Waals surface area (Å²) in [4.78, 5) is 17.5. The summed E-state index contributed by atoms with van der Waals surface area (Å²) in [5.41, 5.74) is 4.97. The first-order valence-electron chi connectivity index (χ1n) is 10.5. The van der Waals surface area contributed by atoms with Gasteiger partial charge in [0.1, 0.15) is 5.82 Å². The van der Waals surface area contributed by atoms with E-state index in [-0.39, 0.29) is 5.91 Å². The second-order valence-electron chi connectivity index (χ2n) is 8.04. The molecule has 0 atom stereocenters. The SMILES string of the molecule is Cc1nn(Cc2ccccc2)c(C)c1C(=O)Nc1ccc(-c2n[nH]c(C3CC3)n2)cc1. The Morgan fingerprint density at radius 2 is 1.84 bits per heavy atom. The summed E-state index contributed by atoms with van der Waals surface area (Å²) in [5, 5.41) is 14.9. The molecule has 7 nitrogen and oxygen atoms in total. The van der Waals surface area contributed by atoms with Gasteiger partial charge < -0.3 is 5.32 Å². The Balaban J connectivity index is 1.30. The van der Waals surface area contributed by atoms with Crippen LogP contribution in [-0.4, -0.2) is 30.9 Å². The molecule has 1 aliphatic rings. The number of hydrogen-bond acceptors (Lipinski definition) is 4. The largest absolute Gasteiger partial charge is 0.322 e. The molecule has 4 aromatic rings. The molecule has 0 saturated heterocycles. The average molecular weight is 412 g/mol. The van der Waals surface area contributed by atoms with Crippen molar-refractivity contribution in [1.29, 1.82) is 0 Å². The van der Waals surface area contributed by atoms with E-state index in [2.05, 4.69) is 37.7 Å². The fourth-order valence-corrected chi connectivity index (χ4v) is 3.77. The molecule has 2 aromatic heterocycles. The molecule has 0 radical (unpaired) electrons. The van der Waals surface area contributed by atoms with E-state index in [0.29, 0.717) is 23.9 Å². The zero-order valence-electron chi connectivity index (χ0n) is 17.6. The molecule has 0 spiro atoms. The number of nitrogens with zero attached hydrogens (tertiary/aromatic N) is 4. The Kier molecular flexibility index (Phi) is 4.86. The van der Waals surface area contributed by atoms with Crippen molar-refractivity contribution in [2.45, 2.75) is 39.2 Å². The number of aromatic amines is 1. The van der Waals surface area contributed by atoms with Crippen molar-refractivity contribution in [2.75, 3.05) is 5.32 Å². The molecule has 2 N–H and O–H groups in total. The van der Waals surface area contributed by atoms with Crippen molar-refractivity contribution in [3.05, 3.63) is 82.9 Å². The quantitative estimate of drug-likeness (QED) is 0.489. The van der Waals surface area contributed by atoms with E-state index in [1.807, 2.05) is 61.0 Å². The second kappa shape index (κ2) is 7.83. The van der Waals surface area contributed by atoms with E-state index in [1.54, 1.807) is 0 Å². The highest BCUT2D eigenvalue weighted by atomic mass is 16.1. The minimum Gasteiger partial charge on any atom is -0.322 e. The Labute approximate surface area is 180 Å². The summed E-state index contributed by atoms with van der Waals surface area (Å²) in [7, 11) is 0. The summed E-state index contributed by atoms with van der Waals surface area (Å²) < 4.78 is 1.88. The van der Waals surface area contributed by atoms with Gasteiger partial charge in [-0.1, -0.05) is 30.3 Å². The van der Waals surface area contributed by atoms with Crippen molar-refractivity contribution < 1.29 is 4.79 Å². The lowest BCUT2D eigenvalue weighted by Gasteiger charge is -2.07. The third kappa shape index (κ3) is 3.99. The van der Waals surface area contributed by atoms with Crippen LogP contribution in [0.2, 0.25) is 0 Å². The molecular formula is C24H24N6O. The number of amides is 1. The predicted octanol–water partition coefficient (Wildman–Crippen LogP) is 4.46. The van der Waals surface area contributed by atoms with Gasteiger partial charge in [0.25, 0.3) is 5.91 Å². The van der Waals surface area contributed by atoms with Crippen LogP contribution in [0, 0.1) is 13.8 Å². The summed E-state index contributed by atoms with van der Waals surface area (Å²) in [6.45, 7) is 4.43. The maximum absolute atomic E-state index is 13.0. The number of anilines is 1. The monoisotopic (exact) mass is 412 g/mol. The number of nitrogens with one attached hydrogen (secondary N) is 2. The van der Waals surface area contributed by atoms with Gasteiger partial charge in [-0.05, 0) is 56.5 Å². The van der Waals surface area contributed by atoms with E-state index in [1.165, 1.54) is 12.8 Å². The molecular weight excluding hydrogens is 388 g/mol. The van der Waals surface area contributed by atoms with Gasteiger partial charge in [0.2, 0.25) is 0 Å². The number of carbonyl (C=O) groups is 1. The standard InChI is InChI=1S/C24H24N6O/c1-15-21(16(2)30(29-15)14-17-6-4-3-5-7-17)24(31)25-20-12-10-19(11-13-20)23-26-22(27-28-23)18-8-9-18/h3-7,10-13,18H,8-9,14H2,1-2H3,(H,25,31)(H,26,27,28). The molecule has 5 rings (SSSR count). The van der Waals surface area contributed by atoms with E-state index in [9.17, 15) is 4.79 Å². The van der Waals surface area contributed by atoms with E-state index in [4.69, 9.17) is 0 Å². The molecule has 31 heavy (non-hydrogen) atoms. The van der Waals surface area contributed by atoms with E-state index in [0.717, 1.165) is 34.0 Å². The summed E-state index contributed by atoms with van der Waals surface area (Å²) in [5.74, 6) is 2.03. The number of carbonyl (C=O) groups excluding carboxylic acids is 1. The van der Waals surface area contributed by atoms with Crippen LogP contribution in [0.3, 0.4) is 0 Å². The Bertz CT molecular complexity index is 1220. The van der Waals surface area contributed by atoms with Crippen LogP contribution in [0.4, 0.5) is 5.69 Å². The number of aromatic nitrogens is 5. The smallest absolute Gasteiger partial charge is 0.259 e. The minimum absolute atomic E-state index is 0.157. The lowest BCUT2D eigenvalue weighted by molar-refractivity contribution is 0.102. The average Bonchev–Trinajstić information content (AvgIpc) is 3.44. The van der Waals surface area contributed by atoms with Gasteiger partial charge in [-0.25, -0.2) is 4.98 Å². The van der Waals surface area contributed by atoms with E-state index >= 15 is 0 Å². The first-order chi connectivity index (χ1) is 15.1. The van der Waals surface area contributed by atoms with Crippen LogP contribution in [-0.2, 0) is 6.54 Å². The molecule has 2 aromatic carbocycles. The number of rotatable bonds is 6. The topological polar surface area (TPSA) is 88.5 Å². The predicted molar refractivity (Wildman–Crippen MR) is 119 cm³/mol. The fraction of sp³-hybridized carbons (Fsp3) is 0.250. The summed E-state index contributed by atoms with van der Waals surface area (Å²) in [6, 6.07) is 17.7. The van der Waals surface area contributed by atoms with Crippen molar-refractivity contribution in [3.8, 4) is 11.4 Å².